The molecule has 1 fully saturated rings. The van der Waals surface area contributed by atoms with Gasteiger partial charge in [0, 0.05) is 12.2 Å². The SMILES string of the molecule is Brc1ccc(CC2CCCN2)cn1. The van der Waals surface area contributed by atoms with Crippen LogP contribution < -0.4 is 5.32 Å². The van der Waals surface area contributed by atoms with Gasteiger partial charge in [-0.25, -0.2) is 4.98 Å². The van der Waals surface area contributed by atoms with E-state index in [0.717, 1.165) is 11.0 Å². The molecule has 1 aliphatic heterocycles. The molecule has 2 heterocycles. The Morgan fingerprint density at radius 2 is 2.46 bits per heavy atom. The van der Waals surface area contributed by atoms with E-state index in [4.69, 9.17) is 0 Å². The first kappa shape index (κ1) is 9.16. The summed E-state index contributed by atoms with van der Waals surface area (Å²) in [6.07, 6.45) is 5.68. The van der Waals surface area contributed by atoms with Crippen molar-refractivity contribution in [1.29, 1.82) is 0 Å². The number of aromatic nitrogens is 1. The Balaban J connectivity index is 1.97. The molecule has 0 bridgehead atoms. The first-order valence-electron chi connectivity index (χ1n) is 4.68. The molecule has 0 saturated carbocycles. The summed E-state index contributed by atoms with van der Waals surface area (Å²) < 4.78 is 0.913. The maximum atomic E-state index is 4.21. The smallest absolute Gasteiger partial charge is 0.106 e. The molecule has 1 aliphatic rings. The van der Waals surface area contributed by atoms with Crippen molar-refractivity contribution in [2.45, 2.75) is 25.3 Å². The molecule has 1 N–H and O–H groups in total. The Labute approximate surface area is 86.9 Å². The van der Waals surface area contributed by atoms with Gasteiger partial charge in [0.05, 0.1) is 0 Å². The van der Waals surface area contributed by atoms with Crippen molar-refractivity contribution in [3.63, 3.8) is 0 Å². The van der Waals surface area contributed by atoms with Crippen molar-refractivity contribution < 1.29 is 0 Å². The minimum absolute atomic E-state index is 0.669. The maximum Gasteiger partial charge on any atom is 0.106 e. The van der Waals surface area contributed by atoms with Gasteiger partial charge in [-0.1, -0.05) is 6.07 Å². The van der Waals surface area contributed by atoms with Crippen LogP contribution in [0.2, 0.25) is 0 Å². The number of hydrogen-bond donors (Lipinski definition) is 1. The molecule has 0 radical (unpaired) electrons. The van der Waals surface area contributed by atoms with Crippen LogP contribution in [0.5, 0.6) is 0 Å². The average molecular weight is 241 g/mol. The van der Waals surface area contributed by atoms with Crippen molar-refractivity contribution in [2.75, 3.05) is 6.54 Å². The fourth-order valence-corrected chi connectivity index (χ4v) is 1.98. The topological polar surface area (TPSA) is 24.9 Å². The van der Waals surface area contributed by atoms with Crippen LogP contribution in [0.1, 0.15) is 18.4 Å². The Bertz CT molecular complexity index is 265. The molecule has 1 aromatic heterocycles. The minimum Gasteiger partial charge on any atom is -0.314 e. The Morgan fingerprint density at radius 3 is 3.08 bits per heavy atom. The maximum absolute atomic E-state index is 4.21. The molecule has 13 heavy (non-hydrogen) atoms. The quantitative estimate of drug-likeness (QED) is 0.802. The molecule has 1 atom stereocenters. The standard InChI is InChI=1S/C10H13BrN2/c11-10-4-3-8(7-13-10)6-9-2-1-5-12-9/h3-4,7,9,12H,1-2,5-6H2. The zero-order valence-corrected chi connectivity index (χ0v) is 9.05. The van der Waals surface area contributed by atoms with Crippen molar-refractivity contribution in [2.24, 2.45) is 0 Å². The van der Waals surface area contributed by atoms with Gasteiger partial charge in [0.1, 0.15) is 4.60 Å². The van der Waals surface area contributed by atoms with Gasteiger partial charge in [0.2, 0.25) is 0 Å². The summed E-state index contributed by atoms with van der Waals surface area (Å²) in [6.45, 7) is 1.18. The summed E-state index contributed by atoms with van der Waals surface area (Å²) >= 11 is 3.33. The molecule has 2 rings (SSSR count). The van der Waals surface area contributed by atoms with Gasteiger partial charge < -0.3 is 5.32 Å². The molecule has 70 valence electrons. The second kappa shape index (κ2) is 4.20. The van der Waals surface area contributed by atoms with Crippen LogP contribution in [-0.2, 0) is 6.42 Å². The highest BCUT2D eigenvalue weighted by atomic mass is 79.9. The van der Waals surface area contributed by atoms with E-state index in [0.29, 0.717) is 6.04 Å². The summed E-state index contributed by atoms with van der Waals surface area (Å²) in [5, 5.41) is 3.48. The largest absolute Gasteiger partial charge is 0.314 e. The van der Waals surface area contributed by atoms with Crippen LogP contribution in [0.4, 0.5) is 0 Å². The number of nitrogens with zero attached hydrogens (tertiary/aromatic N) is 1. The molecule has 0 aliphatic carbocycles. The summed E-state index contributed by atoms with van der Waals surface area (Å²) in [4.78, 5) is 4.21. The lowest BCUT2D eigenvalue weighted by Crippen LogP contribution is -2.23. The van der Waals surface area contributed by atoms with E-state index in [1.807, 2.05) is 12.3 Å². The molecule has 1 aromatic rings. The number of nitrogens with one attached hydrogen (secondary N) is 1. The van der Waals surface area contributed by atoms with Gasteiger partial charge in [-0.3, -0.25) is 0 Å². The first-order valence-corrected chi connectivity index (χ1v) is 5.48. The van der Waals surface area contributed by atoms with Gasteiger partial charge in [0.15, 0.2) is 0 Å². The van der Waals surface area contributed by atoms with E-state index >= 15 is 0 Å². The van der Waals surface area contributed by atoms with Crippen LogP contribution in [-0.4, -0.2) is 17.6 Å². The van der Waals surface area contributed by atoms with Crippen molar-refractivity contribution in [3.8, 4) is 0 Å². The van der Waals surface area contributed by atoms with E-state index in [-0.39, 0.29) is 0 Å². The third-order valence-electron chi connectivity index (χ3n) is 2.43. The van der Waals surface area contributed by atoms with Crippen LogP contribution in [0.15, 0.2) is 22.9 Å². The van der Waals surface area contributed by atoms with E-state index in [1.165, 1.54) is 24.9 Å². The second-order valence-corrected chi connectivity index (χ2v) is 4.30. The molecule has 2 nitrogen and oxygen atoms in total. The molecular formula is C10H13BrN2. The molecule has 1 saturated heterocycles. The lowest BCUT2D eigenvalue weighted by atomic mass is 10.1. The van der Waals surface area contributed by atoms with Crippen molar-refractivity contribution in [1.82, 2.24) is 10.3 Å². The number of halogens is 1. The predicted molar refractivity (Wildman–Crippen MR) is 56.7 cm³/mol. The minimum atomic E-state index is 0.669. The van der Waals surface area contributed by atoms with E-state index in [9.17, 15) is 0 Å². The van der Waals surface area contributed by atoms with E-state index < -0.39 is 0 Å². The summed E-state index contributed by atoms with van der Waals surface area (Å²) in [6, 6.07) is 4.81. The van der Waals surface area contributed by atoms with E-state index in [2.05, 4.69) is 32.3 Å². The average Bonchev–Trinajstić information content (AvgIpc) is 2.62. The molecule has 0 aromatic carbocycles. The molecule has 3 heteroatoms. The van der Waals surface area contributed by atoms with Gasteiger partial charge in [0.25, 0.3) is 0 Å². The lowest BCUT2D eigenvalue weighted by Gasteiger charge is -2.08. The van der Waals surface area contributed by atoms with Crippen LogP contribution in [0, 0.1) is 0 Å². The van der Waals surface area contributed by atoms with Gasteiger partial charge in [-0.15, -0.1) is 0 Å². The van der Waals surface area contributed by atoms with Gasteiger partial charge >= 0.3 is 0 Å². The van der Waals surface area contributed by atoms with Crippen molar-refractivity contribution in [3.05, 3.63) is 28.5 Å². The normalized spacial score (nSPS) is 22.1. The monoisotopic (exact) mass is 240 g/mol. The van der Waals surface area contributed by atoms with Crippen molar-refractivity contribution >= 4 is 15.9 Å². The zero-order chi connectivity index (χ0) is 9.10. The van der Waals surface area contributed by atoms with Gasteiger partial charge in [-0.2, -0.15) is 0 Å². The third kappa shape index (κ3) is 2.51. The highest BCUT2D eigenvalue weighted by molar-refractivity contribution is 9.10. The lowest BCUT2D eigenvalue weighted by molar-refractivity contribution is 0.602. The zero-order valence-electron chi connectivity index (χ0n) is 7.46. The fraction of sp³-hybridized carbons (Fsp3) is 0.500. The number of rotatable bonds is 2. The summed E-state index contributed by atoms with van der Waals surface area (Å²) in [7, 11) is 0. The third-order valence-corrected chi connectivity index (χ3v) is 2.90. The van der Waals surface area contributed by atoms with Gasteiger partial charge in [-0.05, 0) is 53.4 Å². The summed E-state index contributed by atoms with van der Waals surface area (Å²) in [5.41, 5.74) is 1.32. The van der Waals surface area contributed by atoms with Crippen LogP contribution in [0.3, 0.4) is 0 Å². The Kier molecular flexibility index (Phi) is 2.96. The Morgan fingerprint density at radius 1 is 1.54 bits per heavy atom. The Hall–Kier alpha value is -0.410. The number of pyridine rings is 1. The molecule has 0 amide bonds. The second-order valence-electron chi connectivity index (χ2n) is 3.49. The fourth-order valence-electron chi connectivity index (χ4n) is 1.74. The van der Waals surface area contributed by atoms with E-state index in [1.54, 1.807) is 0 Å². The molecule has 1 unspecified atom stereocenters. The summed E-state index contributed by atoms with van der Waals surface area (Å²) in [5.74, 6) is 0. The number of hydrogen-bond acceptors (Lipinski definition) is 2. The highest BCUT2D eigenvalue weighted by Gasteiger charge is 2.13. The first-order chi connectivity index (χ1) is 6.34. The molecular weight excluding hydrogens is 228 g/mol. The highest BCUT2D eigenvalue weighted by Crippen LogP contribution is 2.13. The molecule has 0 spiro atoms. The van der Waals surface area contributed by atoms with Crippen LogP contribution >= 0.6 is 15.9 Å². The van der Waals surface area contributed by atoms with Crippen LogP contribution in [0.25, 0.3) is 0 Å². The predicted octanol–water partition coefficient (Wildman–Crippen LogP) is 2.14.